The molecule has 1 aromatic carbocycles. The lowest BCUT2D eigenvalue weighted by Gasteiger charge is -2.13. The van der Waals surface area contributed by atoms with E-state index < -0.39 is 0 Å². The quantitative estimate of drug-likeness (QED) is 0.898. The second kappa shape index (κ2) is 6.08. The first-order valence-corrected chi connectivity index (χ1v) is 5.87. The molecule has 0 saturated carbocycles. The molecule has 0 aromatic heterocycles. The number of nitrogens with one attached hydrogen (secondary N) is 1. The largest absolute Gasteiger partial charge is 0.491 e. The molecule has 0 aliphatic carbocycles. The molecule has 6 heteroatoms. The van der Waals surface area contributed by atoms with E-state index in [0.29, 0.717) is 27.5 Å². The Kier molecular flexibility index (Phi) is 5.05. The van der Waals surface area contributed by atoms with E-state index in [1.54, 1.807) is 12.1 Å². The van der Waals surface area contributed by atoms with E-state index in [0.717, 1.165) is 0 Å². The fraction of sp³-hybridized carbons (Fsp3) is 0.300. The number of ether oxygens (including phenoxy) is 1. The molecule has 0 saturated heterocycles. The monoisotopic (exact) mass is 306 g/mol. The molecule has 1 rings (SSSR count). The number of nitrogens with two attached hydrogens (primary N) is 1. The SMILES string of the molecule is CCOc1c(Br)cc(Cl)cc1NC(=O)CN. The van der Waals surface area contributed by atoms with Gasteiger partial charge in [0, 0.05) is 5.02 Å². The number of anilines is 1. The van der Waals surface area contributed by atoms with Gasteiger partial charge in [0.25, 0.3) is 0 Å². The van der Waals surface area contributed by atoms with Crippen LogP contribution in [0.15, 0.2) is 16.6 Å². The summed E-state index contributed by atoms with van der Waals surface area (Å²) in [5.41, 5.74) is 5.73. The number of amides is 1. The molecule has 0 fully saturated rings. The Morgan fingerprint density at radius 1 is 1.62 bits per heavy atom. The maximum absolute atomic E-state index is 11.2. The number of hydrogen-bond acceptors (Lipinski definition) is 3. The van der Waals surface area contributed by atoms with Crippen molar-refractivity contribution in [1.82, 2.24) is 0 Å². The summed E-state index contributed by atoms with van der Waals surface area (Å²) in [5, 5.41) is 3.13. The van der Waals surface area contributed by atoms with Crippen molar-refractivity contribution in [1.29, 1.82) is 0 Å². The third-order valence-electron chi connectivity index (χ3n) is 1.76. The van der Waals surface area contributed by atoms with Gasteiger partial charge in [0.05, 0.1) is 23.3 Å². The van der Waals surface area contributed by atoms with Crippen LogP contribution in [0.3, 0.4) is 0 Å². The van der Waals surface area contributed by atoms with Gasteiger partial charge in [-0.25, -0.2) is 0 Å². The number of hydrogen-bond donors (Lipinski definition) is 2. The van der Waals surface area contributed by atoms with Crippen LogP contribution in [0.5, 0.6) is 5.75 Å². The highest BCUT2D eigenvalue weighted by Gasteiger charge is 2.11. The second-order valence-electron chi connectivity index (χ2n) is 2.95. The Bertz CT molecular complexity index is 399. The summed E-state index contributed by atoms with van der Waals surface area (Å²) in [4.78, 5) is 11.2. The van der Waals surface area contributed by atoms with E-state index in [9.17, 15) is 4.79 Å². The van der Waals surface area contributed by atoms with Gasteiger partial charge in [-0.05, 0) is 35.0 Å². The zero-order valence-corrected chi connectivity index (χ0v) is 11.1. The predicted octanol–water partition coefficient (Wildman–Crippen LogP) is 2.40. The topological polar surface area (TPSA) is 64.3 Å². The highest BCUT2D eigenvalue weighted by Crippen LogP contribution is 2.36. The minimum absolute atomic E-state index is 0.0876. The standard InChI is InChI=1S/C10H12BrClN2O2/c1-2-16-10-7(11)3-6(12)4-8(10)14-9(15)5-13/h3-4H,2,5,13H2,1H3,(H,14,15). The molecule has 0 bridgehead atoms. The number of carbonyl (C=O) groups is 1. The van der Waals surface area contributed by atoms with Crippen molar-refractivity contribution in [2.75, 3.05) is 18.5 Å². The van der Waals surface area contributed by atoms with Gasteiger partial charge in [-0.1, -0.05) is 11.6 Å². The van der Waals surface area contributed by atoms with Crippen LogP contribution >= 0.6 is 27.5 Å². The van der Waals surface area contributed by atoms with Gasteiger partial charge in [0.1, 0.15) is 0 Å². The first kappa shape index (κ1) is 13.3. The van der Waals surface area contributed by atoms with Gasteiger partial charge in [-0.2, -0.15) is 0 Å². The van der Waals surface area contributed by atoms with Crippen molar-refractivity contribution in [3.63, 3.8) is 0 Å². The van der Waals surface area contributed by atoms with Gasteiger partial charge >= 0.3 is 0 Å². The Hall–Kier alpha value is -0.780. The molecule has 0 radical (unpaired) electrons. The molecular weight excluding hydrogens is 295 g/mol. The first-order chi connectivity index (χ1) is 7.58. The molecule has 4 nitrogen and oxygen atoms in total. The van der Waals surface area contributed by atoms with E-state index in [2.05, 4.69) is 21.2 Å². The highest BCUT2D eigenvalue weighted by molar-refractivity contribution is 9.10. The molecule has 16 heavy (non-hydrogen) atoms. The molecule has 0 heterocycles. The van der Waals surface area contributed by atoms with Crippen LogP contribution in [0.2, 0.25) is 5.02 Å². The summed E-state index contributed by atoms with van der Waals surface area (Å²) in [6.45, 7) is 2.26. The summed E-state index contributed by atoms with van der Waals surface area (Å²) in [6.07, 6.45) is 0. The van der Waals surface area contributed by atoms with Gasteiger partial charge in [0.15, 0.2) is 5.75 Å². The molecule has 0 aliphatic heterocycles. The third-order valence-corrected chi connectivity index (χ3v) is 2.56. The Morgan fingerprint density at radius 3 is 2.88 bits per heavy atom. The number of rotatable bonds is 4. The van der Waals surface area contributed by atoms with Crippen molar-refractivity contribution in [2.45, 2.75) is 6.92 Å². The van der Waals surface area contributed by atoms with E-state index >= 15 is 0 Å². The minimum atomic E-state index is -0.296. The molecule has 0 unspecified atom stereocenters. The molecular formula is C10H12BrClN2O2. The lowest BCUT2D eigenvalue weighted by atomic mass is 10.3. The van der Waals surface area contributed by atoms with Crippen LogP contribution in [-0.2, 0) is 4.79 Å². The van der Waals surface area contributed by atoms with Crippen LogP contribution < -0.4 is 15.8 Å². The summed E-state index contributed by atoms with van der Waals surface area (Å²) in [5.74, 6) is 0.254. The van der Waals surface area contributed by atoms with Gasteiger partial charge in [-0.15, -0.1) is 0 Å². The normalized spacial score (nSPS) is 10.0. The van der Waals surface area contributed by atoms with Crippen LogP contribution in [0.1, 0.15) is 6.92 Å². The summed E-state index contributed by atoms with van der Waals surface area (Å²) >= 11 is 9.20. The van der Waals surface area contributed by atoms with Crippen LogP contribution in [0.4, 0.5) is 5.69 Å². The van der Waals surface area contributed by atoms with Crippen LogP contribution in [-0.4, -0.2) is 19.1 Å². The Balaban J connectivity index is 3.08. The zero-order valence-electron chi connectivity index (χ0n) is 8.72. The van der Waals surface area contributed by atoms with Gasteiger partial charge in [-0.3, -0.25) is 4.79 Å². The van der Waals surface area contributed by atoms with Crippen molar-refractivity contribution >= 4 is 39.1 Å². The molecule has 88 valence electrons. The smallest absolute Gasteiger partial charge is 0.238 e. The van der Waals surface area contributed by atoms with Gasteiger partial charge in [0.2, 0.25) is 5.91 Å². The highest BCUT2D eigenvalue weighted by atomic mass is 79.9. The first-order valence-electron chi connectivity index (χ1n) is 4.70. The average molecular weight is 308 g/mol. The predicted molar refractivity (Wildman–Crippen MR) is 68.0 cm³/mol. The van der Waals surface area contributed by atoms with Crippen molar-refractivity contribution in [3.8, 4) is 5.75 Å². The maximum Gasteiger partial charge on any atom is 0.238 e. The minimum Gasteiger partial charge on any atom is -0.491 e. The average Bonchev–Trinajstić information content (AvgIpc) is 2.23. The second-order valence-corrected chi connectivity index (χ2v) is 4.24. The Labute approximate surface area is 107 Å². The van der Waals surface area contributed by atoms with Crippen molar-refractivity contribution in [2.24, 2.45) is 5.73 Å². The number of halogens is 2. The van der Waals surface area contributed by atoms with Crippen LogP contribution in [0.25, 0.3) is 0 Å². The lowest BCUT2D eigenvalue weighted by Crippen LogP contribution is -2.22. The third kappa shape index (κ3) is 3.37. The number of benzene rings is 1. The lowest BCUT2D eigenvalue weighted by molar-refractivity contribution is -0.114. The molecule has 1 amide bonds. The van der Waals surface area contributed by atoms with E-state index in [1.807, 2.05) is 6.92 Å². The molecule has 0 aliphatic rings. The maximum atomic E-state index is 11.2. The fourth-order valence-electron chi connectivity index (χ4n) is 1.15. The zero-order chi connectivity index (χ0) is 12.1. The summed E-state index contributed by atoms with van der Waals surface area (Å²) < 4.78 is 6.10. The summed E-state index contributed by atoms with van der Waals surface area (Å²) in [7, 11) is 0. The van der Waals surface area contributed by atoms with Crippen LogP contribution in [0, 0.1) is 0 Å². The number of carbonyl (C=O) groups excluding carboxylic acids is 1. The summed E-state index contributed by atoms with van der Waals surface area (Å²) in [6, 6.07) is 3.31. The molecule has 3 N–H and O–H groups in total. The van der Waals surface area contributed by atoms with Crippen molar-refractivity contribution < 1.29 is 9.53 Å². The Morgan fingerprint density at radius 2 is 2.31 bits per heavy atom. The fourth-order valence-corrected chi connectivity index (χ4v) is 2.07. The van der Waals surface area contributed by atoms with Gasteiger partial charge < -0.3 is 15.8 Å². The molecule has 0 atom stereocenters. The van der Waals surface area contributed by atoms with E-state index in [4.69, 9.17) is 22.1 Å². The van der Waals surface area contributed by atoms with Crippen molar-refractivity contribution in [3.05, 3.63) is 21.6 Å². The molecule has 0 spiro atoms. The van der Waals surface area contributed by atoms with E-state index in [-0.39, 0.29) is 12.5 Å². The molecule has 1 aromatic rings. The van der Waals surface area contributed by atoms with E-state index in [1.165, 1.54) is 0 Å².